The third kappa shape index (κ3) is 8.04. The third-order valence-electron chi connectivity index (χ3n) is 4.49. The monoisotopic (exact) mass is 408 g/mol. The summed E-state index contributed by atoms with van der Waals surface area (Å²) < 4.78 is 11.3. The van der Waals surface area contributed by atoms with Crippen molar-refractivity contribution in [3.05, 3.63) is 6.20 Å². The van der Waals surface area contributed by atoms with Gasteiger partial charge >= 0.3 is 6.09 Å². The van der Waals surface area contributed by atoms with Gasteiger partial charge in [-0.15, -0.1) is 0 Å². The highest BCUT2D eigenvalue weighted by Crippen LogP contribution is 2.29. The third-order valence-corrected chi connectivity index (χ3v) is 4.49. The summed E-state index contributed by atoms with van der Waals surface area (Å²) in [5, 5.41) is 12.1. The van der Waals surface area contributed by atoms with E-state index in [2.05, 4.69) is 41.0 Å². The first-order valence-corrected chi connectivity index (χ1v) is 10.5. The molecule has 164 valence electrons. The summed E-state index contributed by atoms with van der Waals surface area (Å²) in [5.41, 5.74) is -0.0414. The summed E-state index contributed by atoms with van der Waals surface area (Å²) in [4.78, 5) is 23.3. The Balaban J connectivity index is 2.12. The number of carbonyl (C=O) groups is 1. The fourth-order valence-corrected chi connectivity index (χ4v) is 3.14. The van der Waals surface area contributed by atoms with Crippen molar-refractivity contribution in [1.29, 1.82) is 0 Å². The topological polar surface area (TPSA) is 96.8 Å². The van der Waals surface area contributed by atoms with Gasteiger partial charge in [-0.25, -0.2) is 9.78 Å². The molecule has 1 aliphatic heterocycles. The van der Waals surface area contributed by atoms with Gasteiger partial charge in [-0.2, -0.15) is 4.98 Å². The maximum absolute atomic E-state index is 12.2. The van der Waals surface area contributed by atoms with Gasteiger partial charge in [0.05, 0.1) is 25.5 Å². The van der Waals surface area contributed by atoms with Gasteiger partial charge in [0.1, 0.15) is 0 Å². The normalized spacial score (nSPS) is 15.9. The summed E-state index contributed by atoms with van der Waals surface area (Å²) in [6.07, 6.45) is 4.88. The Morgan fingerprint density at radius 3 is 2.55 bits per heavy atom. The number of aliphatic hydroxyl groups excluding tert-OH is 1. The summed E-state index contributed by atoms with van der Waals surface area (Å²) in [7, 11) is 0. The molecule has 0 unspecified atom stereocenters. The molecule has 2 rings (SSSR count). The Bertz CT molecular complexity index is 655. The molecular weight excluding hydrogens is 372 g/mol. The van der Waals surface area contributed by atoms with Crippen LogP contribution in [0.3, 0.4) is 0 Å². The molecule has 0 aliphatic carbocycles. The molecule has 1 atom stereocenters. The fraction of sp³-hybridized carbons (Fsp3) is 0.762. The van der Waals surface area contributed by atoms with E-state index in [0.717, 1.165) is 25.9 Å². The zero-order valence-electron chi connectivity index (χ0n) is 18.4. The second kappa shape index (κ2) is 10.6. The van der Waals surface area contributed by atoms with Gasteiger partial charge < -0.3 is 24.8 Å². The van der Waals surface area contributed by atoms with Crippen LogP contribution in [0.4, 0.5) is 10.6 Å². The van der Waals surface area contributed by atoms with Crippen LogP contribution in [0.25, 0.3) is 0 Å². The van der Waals surface area contributed by atoms with Crippen LogP contribution in [-0.2, 0) is 0 Å². The Hall–Kier alpha value is -2.09. The minimum absolute atomic E-state index is 0.0414. The lowest BCUT2D eigenvalue weighted by atomic mass is 9.99. The summed E-state index contributed by atoms with van der Waals surface area (Å²) in [6, 6.07) is -0.361. The molecule has 0 radical (unpaired) electrons. The molecule has 1 amide bonds. The quantitative estimate of drug-likeness (QED) is 0.680. The van der Waals surface area contributed by atoms with Crippen LogP contribution in [0.1, 0.15) is 60.3 Å². The van der Waals surface area contributed by atoms with Crippen LogP contribution in [0.2, 0.25) is 0 Å². The summed E-state index contributed by atoms with van der Waals surface area (Å²) >= 11 is 0. The van der Waals surface area contributed by atoms with E-state index < -0.39 is 6.09 Å². The second-order valence-corrected chi connectivity index (χ2v) is 9.28. The number of carbonyl (C=O) groups excluding carboxylic acids is 1. The van der Waals surface area contributed by atoms with Crippen LogP contribution < -0.4 is 19.7 Å². The predicted octanol–water partition coefficient (Wildman–Crippen LogP) is 3.39. The Kier molecular flexibility index (Phi) is 8.49. The summed E-state index contributed by atoms with van der Waals surface area (Å²) in [6.45, 7) is 12.4. The number of aromatic nitrogens is 2. The number of hydrogen-bond donors (Lipinski definition) is 2. The first-order chi connectivity index (χ1) is 13.7. The largest absolute Gasteiger partial charge is 0.474 e. The Labute approximate surface area is 174 Å². The van der Waals surface area contributed by atoms with Crippen LogP contribution in [-0.4, -0.2) is 53.5 Å². The molecule has 2 N–H and O–H groups in total. The molecule has 8 heteroatoms. The van der Waals surface area contributed by atoms with Gasteiger partial charge in [0, 0.05) is 13.1 Å². The number of aliphatic hydroxyl groups is 1. The minimum atomic E-state index is -0.661. The Morgan fingerprint density at radius 2 is 1.97 bits per heavy atom. The molecule has 29 heavy (non-hydrogen) atoms. The smallest absolute Gasteiger partial charge is 0.414 e. The molecule has 1 fully saturated rings. The van der Waals surface area contributed by atoms with E-state index in [-0.39, 0.29) is 23.9 Å². The number of nitrogens with zero attached hydrogens (tertiary/aromatic N) is 3. The number of nitrogens with one attached hydrogen (secondary N) is 1. The first-order valence-electron chi connectivity index (χ1n) is 10.5. The van der Waals surface area contributed by atoms with Gasteiger partial charge in [-0.05, 0) is 37.0 Å². The standard InChI is InChI=1S/C21H36N4O4/c1-15(2)11-16(13-26)23-20(27)29-17-12-22-18(25-9-7-6-8-10-25)19(24-17)28-14-21(3,4)5/h12,15-16,26H,6-11,13-14H2,1-5H3,(H,23,27)/t16-/m0/s1. The van der Waals surface area contributed by atoms with Crippen molar-refractivity contribution in [1.82, 2.24) is 15.3 Å². The van der Waals surface area contributed by atoms with Crippen LogP contribution >= 0.6 is 0 Å². The summed E-state index contributed by atoms with van der Waals surface area (Å²) in [5.74, 6) is 1.49. The van der Waals surface area contributed by atoms with Crippen molar-refractivity contribution in [2.45, 2.75) is 66.3 Å². The fourth-order valence-electron chi connectivity index (χ4n) is 3.14. The molecule has 2 heterocycles. The van der Waals surface area contributed by atoms with E-state index in [1.807, 2.05) is 13.8 Å². The average Bonchev–Trinajstić information content (AvgIpc) is 2.65. The lowest BCUT2D eigenvalue weighted by molar-refractivity contribution is 0.172. The number of rotatable bonds is 8. The van der Waals surface area contributed by atoms with Crippen molar-refractivity contribution in [3.8, 4) is 11.8 Å². The predicted molar refractivity (Wildman–Crippen MR) is 113 cm³/mol. The lowest BCUT2D eigenvalue weighted by Gasteiger charge is -2.29. The zero-order chi connectivity index (χ0) is 21.4. The molecule has 0 spiro atoms. The molecule has 1 aliphatic rings. The van der Waals surface area contributed by atoms with E-state index in [1.54, 1.807) is 0 Å². The van der Waals surface area contributed by atoms with E-state index in [1.165, 1.54) is 12.6 Å². The number of hydrogen-bond acceptors (Lipinski definition) is 7. The van der Waals surface area contributed by atoms with Crippen molar-refractivity contribution < 1.29 is 19.4 Å². The van der Waals surface area contributed by atoms with E-state index in [0.29, 0.717) is 30.6 Å². The highest BCUT2D eigenvalue weighted by atomic mass is 16.6. The lowest BCUT2D eigenvalue weighted by Crippen LogP contribution is -2.40. The highest BCUT2D eigenvalue weighted by molar-refractivity contribution is 5.70. The van der Waals surface area contributed by atoms with Crippen LogP contribution in [0, 0.1) is 11.3 Å². The maximum atomic E-state index is 12.2. The van der Waals surface area contributed by atoms with Crippen molar-refractivity contribution in [2.75, 3.05) is 31.2 Å². The van der Waals surface area contributed by atoms with Gasteiger partial charge in [0.2, 0.25) is 5.88 Å². The second-order valence-electron chi connectivity index (χ2n) is 9.28. The SMILES string of the molecule is CC(C)C[C@@H](CO)NC(=O)Oc1cnc(N2CCCCC2)c(OCC(C)(C)C)n1. The van der Waals surface area contributed by atoms with Crippen molar-refractivity contribution in [3.63, 3.8) is 0 Å². The molecule has 0 bridgehead atoms. The number of piperidine rings is 1. The van der Waals surface area contributed by atoms with Crippen molar-refractivity contribution in [2.24, 2.45) is 11.3 Å². The van der Waals surface area contributed by atoms with Gasteiger partial charge in [0.15, 0.2) is 5.82 Å². The molecule has 0 aromatic carbocycles. The van der Waals surface area contributed by atoms with E-state index in [4.69, 9.17) is 9.47 Å². The number of ether oxygens (including phenoxy) is 2. The molecular formula is C21H36N4O4. The molecule has 0 saturated carbocycles. The van der Waals surface area contributed by atoms with Gasteiger partial charge in [0.25, 0.3) is 5.88 Å². The van der Waals surface area contributed by atoms with E-state index in [9.17, 15) is 9.90 Å². The highest BCUT2D eigenvalue weighted by Gasteiger charge is 2.22. The van der Waals surface area contributed by atoms with Gasteiger partial charge in [-0.3, -0.25) is 0 Å². The van der Waals surface area contributed by atoms with Crippen LogP contribution in [0.15, 0.2) is 6.20 Å². The van der Waals surface area contributed by atoms with Crippen LogP contribution in [0.5, 0.6) is 11.8 Å². The molecule has 1 saturated heterocycles. The van der Waals surface area contributed by atoms with E-state index >= 15 is 0 Å². The minimum Gasteiger partial charge on any atom is -0.474 e. The molecule has 8 nitrogen and oxygen atoms in total. The van der Waals surface area contributed by atoms with Crippen molar-refractivity contribution >= 4 is 11.9 Å². The average molecular weight is 409 g/mol. The molecule has 1 aromatic rings. The first kappa shape index (κ1) is 23.2. The molecule has 1 aromatic heterocycles. The Morgan fingerprint density at radius 1 is 1.28 bits per heavy atom. The zero-order valence-corrected chi connectivity index (χ0v) is 18.4. The number of amides is 1. The number of anilines is 1. The maximum Gasteiger partial charge on any atom is 0.414 e. The van der Waals surface area contributed by atoms with Gasteiger partial charge in [-0.1, -0.05) is 34.6 Å².